The van der Waals surface area contributed by atoms with Crippen LogP contribution < -0.4 is 15.4 Å². The summed E-state index contributed by atoms with van der Waals surface area (Å²) < 4.78 is 5.79. The first-order valence-electron chi connectivity index (χ1n) is 10.6. The molecular formula is C25H25N3O3S. The molecule has 3 aromatic rings. The highest BCUT2D eigenvalue weighted by Crippen LogP contribution is 2.25. The Morgan fingerprint density at radius 1 is 1.12 bits per heavy atom. The molecule has 2 N–H and O–H groups in total. The van der Waals surface area contributed by atoms with E-state index in [0.717, 1.165) is 23.5 Å². The van der Waals surface area contributed by atoms with Gasteiger partial charge in [0.05, 0.1) is 22.1 Å². The second kappa shape index (κ2) is 10.2. The number of rotatable bonds is 8. The Hall–Kier alpha value is -3.45. The van der Waals surface area contributed by atoms with Crippen LogP contribution >= 0.6 is 11.3 Å². The van der Waals surface area contributed by atoms with E-state index in [1.54, 1.807) is 41.7 Å². The predicted octanol–water partition coefficient (Wildman–Crippen LogP) is 5.58. The number of aromatic nitrogens is 1. The van der Waals surface area contributed by atoms with Crippen LogP contribution in [-0.2, 0) is 11.4 Å². The third-order valence-electron chi connectivity index (χ3n) is 5.16. The van der Waals surface area contributed by atoms with Crippen LogP contribution in [0.3, 0.4) is 0 Å². The summed E-state index contributed by atoms with van der Waals surface area (Å²) in [6.07, 6.45) is 6.68. The molecule has 0 bridgehead atoms. The Labute approximate surface area is 191 Å². The highest BCUT2D eigenvalue weighted by molar-refractivity contribution is 7.09. The van der Waals surface area contributed by atoms with Gasteiger partial charge in [-0.05, 0) is 56.0 Å². The number of para-hydroxylation sites is 2. The predicted molar refractivity (Wildman–Crippen MR) is 127 cm³/mol. The molecule has 2 aromatic carbocycles. The van der Waals surface area contributed by atoms with Crippen LogP contribution in [0.5, 0.6) is 5.75 Å². The molecule has 1 aromatic heterocycles. The molecule has 0 saturated heterocycles. The maximum Gasteiger partial charge on any atom is 0.255 e. The Bertz CT molecular complexity index is 1140. The van der Waals surface area contributed by atoms with Crippen molar-refractivity contribution in [1.29, 1.82) is 0 Å². The normalized spacial score (nSPS) is 14.8. The number of aryl methyl sites for hydroxylation is 1. The van der Waals surface area contributed by atoms with Crippen LogP contribution in [0.1, 0.15) is 40.3 Å². The van der Waals surface area contributed by atoms with Crippen molar-refractivity contribution in [3.8, 4) is 5.75 Å². The Kier molecular flexibility index (Phi) is 6.97. The van der Waals surface area contributed by atoms with E-state index < -0.39 is 0 Å². The van der Waals surface area contributed by atoms with Gasteiger partial charge in [0.25, 0.3) is 5.91 Å². The minimum absolute atomic E-state index is 0.0593. The van der Waals surface area contributed by atoms with Gasteiger partial charge in [-0.2, -0.15) is 0 Å². The molecule has 164 valence electrons. The van der Waals surface area contributed by atoms with Crippen molar-refractivity contribution < 1.29 is 14.3 Å². The third-order valence-corrected chi connectivity index (χ3v) is 5.98. The number of thiazole rings is 1. The summed E-state index contributed by atoms with van der Waals surface area (Å²) in [6, 6.07) is 14.2. The number of ether oxygens (including phenoxy) is 1. The van der Waals surface area contributed by atoms with E-state index in [0.29, 0.717) is 35.7 Å². The van der Waals surface area contributed by atoms with Gasteiger partial charge in [-0.25, -0.2) is 4.98 Å². The first kappa shape index (κ1) is 21.8. The lowest BCUT2D eigenvalue weighted by Crippen LogP contribution is -2.18. The molecular weight excluding hydrogens is 422 g/mol. The Morgan fingerprint density at radius 2 is 1.94 bits per heavy atom. The maximum absolute atomic E-state index is 12.9. The number of benzene rings is 2. The second-order valence-corrected chi connectivity index (χ2v) is 8.75. The molecule has 1 atom stereocenters. The second-order valence-electron chi connectivity index (χ2n) is 7.69. The summed E-state index contributed by atoms with van der Waals surface area (Å²) in [7, 11) is 0. The van der Waals surface area contributed by atoms with Crippen molar-refractivity contribution in [2.75, 3.05) is 10.6 Å². The molecule has 0 fully saturated rings. The summed E-state index contributed by atoms with van der Waals surface area (Å²) in [5.41, 5.74) is 2.46. The quantitative estimate of drug-likeness (QED) is 0.442. The van der Waals surface area contributed by atoms with E-state index in [4.69, 9.17) is 4.74 Å². The van der Waals surface area contributed by atoms with Gasteiger partial charge < -0.3 is 15.4 Å². The van der Waals surface area contributed by atoms with E-state index >= 15 is 0 Å². The van der Waals surface area contributed by atoms with Crippen molar-refractivity contribution in [2.45, 2.75) is 32.8 Å². The number of amides is 2. The Morgan fingerprint density at radius 3 is 2.66 bits per heavy atom. The summed E-state index contributed by atoms with van der Waals surface area (Å²) in [5, 5.41) is 8.77. The topological polar surface area (TPSA) is 80.3 Å². The van der Waals surface area contributed by atoms with Gasteiger partial charge >= 0.3 is 0 Å². The number of hydrogen-bond donors (Lipinski definition) is 2. The van der Waals surface area contributed by atoms with Gasteiger partial charge in [0.2, 0.25) is 5.91 Å². The molecule has 7 heteroatoms. The van der Waals surface area contributed by atoms with Gasteiger partial charge in [0.1, 0.15) is 12.4 Å². The monoisotopic (exact) mass is 447 g/mol. The first-order chi connectivity index (χ1) is 15.6. The molecule has 1 unspecified atom stereocenters. The smallest absolute Gasteiger partial charge is 0.255 e. The Balaban J connectivity index is 1.39. The minimum atomic E-state index is -0.277. The number of allylic oxidation sites excluding steroid dienone is 2. The molecule has 4 rings (SSSR count). The van der Waals surface area contributed by atoms with Crippen LogP contribution in [0, 0.1) is 12.8 Å². The minimum Gasteiger partial charge on any atom is -0.487 e. The van der Waals surface area contributed by atoms with Gasteiger partial charge in [-0.15, -0.1) is 11.3 Å². The van der Waals surface area contributed by atoms with Crippen LogP contribution in [0.4, 0.5) is 11.4 Å². The number of carbonyl (C=O) groups is 2. The molecule has 2 amide bonds. The fourth-order valence-corrected chi connectivity index (χ4v) is 4.16. The average Bonchev–Trinajstić information content (AvgIpc) is 3.45. The van der Waals surface area contributed by atoms with Crippen molar-refractivity contribution >= 4 is 34.5 Å². The molecule has 1 aliphatic carbocycles. The van der Waals surface area contributed by atoms with E-state index in [2.05, 4.69) is 27.8 Å². The SMILES string of the molecule is Cc1nc(COc2cccc(C(=O)Nc3ccccc3NC(=O)CC3C=CCC3)c2)cs1. The van der Waals surface area contributed by atoms with Gasteiger partial charge in [-0.3, -0.25) is 9.59 Å². The zero-order valence-electron chi connectivity index (χ0n) is 17.8. The molecule has 0 saturated carbocycles. The number of nitrogens with one attached hydrogen (secondary N) is 2. The van der Waals surface area contributed by atoms with Crippen LogP contribution in [0.15, 0.2) is 66.1 Å². The third kappa shape index (κ3) is 5.82. The molecule has 6 nitrogen and oxygen atoms in total. The highest BCUT2D eigenvalue weighted by Gasteiger charge is 2.16. The summed E-state index contributed by atoms with van der Waals surface area (Å²) in [6.45, 7) is 2.30. The molecule has 32 heavy (non-hydrogen) atoms. The molecule has 0 aliphatic heterocycles. The summed E-state index contributed by atoms with van der Waals surface area (Å²) in [5.74, 6) is 0.540. The van der Waals surface area contributed by atoms with E-state index in [1.165, 1.54) is 0 Å². The fourth-order valence-electron chi connectivity index (χ4n) is 3.56. The lowest BCUT2D eigenvalue weighted by Gasteiger charge is -2.14. The van der Waals surface area contributed by atoms with Crippen molar-refractivity contribution in [3.05, 3.63) is 82.3 Å². The van der Waals surface area contributed by atoms with Crippen LogP contribution in [0.2, 0.25) is 0 Å². The van der Waals surface area contributed by atoms with Gasteiger partial charge in [-0.1, -0.05) is 30.4 Å². The largest absolute Gasteiger partial charge is 0.487 e. The van der Waals surface area contributed by atoms with E-state index in [-0.39, 0.29) is 17.7 Å². The van der Waals surface area contributed by atoms with Crippen LogP contribution in [0.25, 0.3) is 0 Å². The molecule has 0 spiro atoms. The summed E-state index contributed by atoms with van der Waals surface area (Å²) in [4.78, 5) is 29.7. The van der Waals surface area contributed by atoms with Crippen molar-refractivity contribution in [2.24, 2.45) is 5.92 Å². The zero-order chi connectivity index (χ0) is 22.3. The van der Waals surface area contributed by atoms with E-state index in [1.807, 2.05) is 30.5 Å². The van der Waals surface area contributed by atoms with E-state index in [9.17, 15) is 9.59 Å². The van der Waals surface area contributed by atoms with Crippen molar-refractivity contribution in [1.82, 2.24) is 4.98 Å². The number of nitrogens with zero attached hydrogens (tertiary/aromatic N) is 1. The lowest BCUT2D eigenvalue weighted by atomic mass is 10.0. The first-order valence-corrected chi connectivity index (χ1v) is 11.5. The molecule has 1 heterocycles. The van der Waals surface area contributed by atoms with Crippen LogP contribution in [-0.4, -0.2) is 16.8 Å². The van der Waals surface area contributed by atoms with Crippen molar-refractivity contribution in [3.63, 3.8) is 0 Å². The maximum atomic E-state index is 12.9. The fraction of sp³-hybridized carbons (Fsp3) is 0.240. The van der Waals surface area contributed by atoms with Gasteiger partial charge in [0.15, 0.2) is 0 Å². The molecule has 0 radical (unpaired) electrons. The number of hydrogen-bond acceptors (Lipinski definition) is 5. The average molecular weight is 448 g/mol. The molecule has 1 aliphatic rings. The summed E-state index contributed by atoms with van der Waals surface area (Å²) >= 11 is 1.57. The number of carbonyl (C=O) groups excluding carboxylic acids is 2. The van der Waals surface area contributed by atoms with Gasteiger partial charge in [0, 0.05) is 17.4 Å². The number of anilines is 2. The zero-order valence-corrected chi connectivity index (χ0v) is 18.7. The standard InChI is InChI=1S/C25H25N3O3S/c1-17-26-20(16-32-17)15-31-21-10-6-9-19(14-21)25(30)28-23-12-5-4-11-22(23)27-24(29)13-18-7-2-3-8-18/h2,4-7,9-12,14,16,18H,3,8,13,15H2,1H3,(H,27,29)(H,28,30). The highest BCUT2D eigenvalue weighted by atomic mass is 32.1. The lowest BCUT2D eigenvalue weighted by molar-refractivity contribution is -0.116.